The van der Waals surface area contributed by atoms with E-state index >= 15 is 0 Å². The molecule has 2 aliphatic heterocycles. The highest BCUT2D eigenvalue weighted by Gasteiger charge is 2.18. The summed E-state index contributed by atoms with van der Waals surface area (Å²) in [6.07, 6.45) is 2.98. The molecule has 9 heteroatoms. The van der Waals surface area contributed by atoms with E-state index in [0.717, 1.165) is 38.1 Å². The van der Waals surface area contributed by atoms with Gasteiger partial charge in [0.25, 0.3) is 0 Å². The maximum atomic E-state index is 14.4. The molecule has 2 aromatic heterocycles. The lowest BCUT2D eigenvalue weighted by Crippen LogP contribution is -2.44. The molecule has 8 nitrogen and oxygen atoms in total. The summed E-state index contributed by atoms with van der Waals surface area (Å²) in [5, 5.41) is 3.05. The molecule has 4 heterocycles. The molecule has 30 heavy (non-hydrogen) atoms. The summed E-state index contributed by atoms with van der Waals surface area (Å²) in [7, 11) is 2.13. The Balaban J connectivity index is 1.33. The smallest absolute Gasteiger partial charge is 0.231 e. The number of nitrogens with one attached hydrogen (secondary N) is 1. The molecular weight excluding hydrogens is 387 g/mol. The van der Waals surface area contributed by atoms with Gasteiger partial charge in [-0.05, 0) is 37.4 Å². The fourth-order valence-electron chi connectivity index (χ4n) is 3.50. The first-order valence-corrected chi connectivity index (χ1v) is 9.75. The number of rotatable bonds is 4. The van der Waals surface area contributed by atoms with Gasteiger partial charge in [0.2, 0.25) is 12.7 Å². The summed E-state index contributed by atoms with van der Waals surface area (Å²) < 4.78 is 25.1. The lowest BCUT2D eigenvalue weighted by atomic mass is 10.1. The van der Waals surface area contributed by atoms with Crippen molar-refractivity contribution >= 4 is 17.5 Å². The van der Waals surface area contributed by atoms with E-state index in [1.54, 1.807) is 18.2 Å². The highest BCUT2D eigenvalue weighted by atomic mass is 19.1. The van der Waals surface area contributed by atoms with Gasteiger partial charge >= 0.3 is 0 Å². The zero-order chi connectivity index (χ0) is 20.5. The van der Waals surface area contributed by atoms with Crippen LogP contribution in [0.4, 0.5) is 21.8 Å². The van der Waals surface area contributed by atoms with Gasteiger partial charge in [-0.25, -0.2) is 19.3 Å². The van der Waals surface area contributed by atoms with Crippen LogP contribution in [0.15, 0.2) is 42.7 Å². The minimum Gasteiger partial charge on any atom is -0.454 e. The minimum absolute atomic E-state index is 0.160. The normalized spacial score (nSPS) is 16.0. The third kappa shape index (κ3) is 3.71. The zero-order valence-corrected chi connectivity index (χ0v) is 16.5. The number of nitrogens with zero attached hydrogens (tertiary/aromatic N) is 5. The Morgan fingerprint density at radius 1 is 0.967 bits per heavy atom. The summed E-state index contributed by atoms with van der Waals surface area (Å²) in [4.78, 5) is 17.5. The number of likely N-dealkylation sites (N-methyl/N-ethyl adjacent to an activating group) is 1. The van der Waals surface area contributed by atoms with Crippen molar-refractivity contribution in [3.8, 4) is 22.8 Å². The van der Waals surface area contributed by atoms with Gasteiger partial charge in [-0.15, -0.1) is 0 Å². The van der Waals surface area contributed by atoms with Gasteiger partial charge in [-0.3, -0.25) is 0 Å². The molecule has 1 aromatic carbocycles. The van der Waals surface area contributed by atoms with Crippen LogP contribution >= 0.6 is 0 Å². The average Bonchev–Trinajstić information content (AvgIpc) is 3.24. The number of ether oxygens (including phenoxy) is 2. The van der Waals surface area contributed by atoms with Gasteiger partial charge in [0.1, 0.15) is 11.5 Å². The van der Waals surface area contributed by atoms with Crippen molar-refractivity contribution in [2.45, 2.75) is 0 Å². The van der Waals surface area contributed by atoms with Gasteiger partial charge in [0.15, 0.2) is 17.3 Å². The Labute approximate surface area is 173 Å². The Hall–Kier alpha value is -3.46. The van der Waals surface area contributed by atoms with E-state index in [2.05, 4.69) is 37.1 Å². The predicted molar refractivity (Wildman–Crippen MR) is 111 cm³/mol. The minimum atomic E-state index is -0.516. The first-order valence-electron chi connectivity index (χ1n) is 9.75. The van der Waals surface area contributed by atoms with Crippen LogP contribution in [-0.4, -0.2) is 59.9 Å². The van der Waals surface area contributed by atoms with Gasteiger partial charge in [-0.2, -0.15) is 0 Å². The molecule has 0 atom stereocenters. The fraction of sp³-hybridized carbons (Fsp3) is 0.286. The summed E-state index contributed by atoms with van der Waals surface area (Å²) in [5.41, 5.74) is 1.84. The number of hydrogen-bond acceptors (Lipinski definition) is 8. The van der Waals surface area contributed by atoms with E-state index in [9.17, 15) is 4.39 Å². The number of pyridine rings is 1. The topological polar surface area (TPSA) is 75.6 Å². The molecule has 0 bridgehead atoms. The second-order valence-corrected chi connectivity index (χ2v) is 7.28. The van der Waals surface area contributed by atoms with Gasteiger partial charge in [0, 0.05) is 31.7 Å². The molecule has 0 spiro atoms. The predicted octanol–water partition coefficient (Wildman–Crippen LogP) is 2.90. The molecule has 2 aliphatic rings. The van der Waals surface area contributed by atoms with Crippen molar-refractivity contribution in [1.29, 1.82) is 0 Å². The Morgan fingerprint density at radius 3 is 2.60 bits per heavy atom. The second kappa shape index (κ2) is 7.75. The number of fused-ring (bicyclic) bond motifs is 1. The van der Waals surface area contributed by atoms with Crippen LogP contribution in [0.5, 0.6) is 11.5 Å². The van der Waals surface area contributed by atoms with Crippen LogP contribution in [0.2, 0.25) is 0 Å². The number of anilines is 3. The number of hydrogen-bond donors (Lipinski definition) is 1. The molecule has 154 valence electrons. The van der Waals surface area contributed by atoms with Crippen LogP contribution in [0, 0.1) is 5.82 Å². The van der Waals surface area contributed by atoms with E-state index in [0.29, 0.717) is 22.9 Å². The van der Waals surface area contributed by atoms with E-state index in [1.807, 2.05) is 18.3 Å². The van der Waals surface area contributed by atoms with Crippen molar-refractivity contribution in [3.63, 3.8) is 0 Å². The first kappa shape index (κ1) is 18.6. The van der Waals surface area contributed by atoms with Crippen LogP contribution < -0.4 is 19.7 Å². The van der Waals surface area contributed by atoms with Crippen molar-refractivity contribution < 1.29 is 13.9 Å². The van der Waals surface area contributed by atoms with E-state index < -0.39 is 5.82 Å². The standard InChI is InChI=1S/C21H21FN6O2/c1-27-6-8-28(9-7-27)15-3-5-19(23-11-15)25-21-24-12-16(22)20(26-21)14-2-4-17-18(10-14)30-13-29-17/h2-5,10-12H,6-9,13H2,1H3,(H,23,24,25,26). The van der Waals surface area contributed by atoms with Crippen molar-refractivity contribution in [2.24, 2.45) is 0 Å². The SMILES string of the molecule is CN1CCN(c2ccc(Nc3ncc(F)c(-c4ccc5c(c4)OCO5)n3)nc2)CC1. The van der Waals surface area contributed by atoms with Gasteiger partial charge in [-0.1, -0.05) is 0 Å². The number of benzene rings is 1. The van der Waals surface area contributed by atoms with Crippen LogP contribution in [0.3, 0.4) is 0 Å². The Bertz CT molecular complexity index is 1050. The molecule has 1 fully saturated rings. The molecule has 3 aromatic rings. The molecular formula is C21H21FN6O2. The van der Waals surface area contributed by atoms with Crippen molar-refractivity contribution in [3.05, 3.63) is 48.5 Å². The molecule has 0 amide bonds. The lowest BCUT2D eigenvalue weighted by molar-refractivity contribution is 0.174. The van der Waals surface area contributed by atoms with Crippen LogP contribution in [-0.2, 0) is 0 Å². The maximum Gasteiger partial charge on any atom is 0.231 e. The maximum absolute atomic E-state index is 14.4. The summed E-state index contributed by atoms with van der Waals surface area (Å²) in [6, 6.07) is 9.08. The Morgan fingerprint density at radius 2 is 1.80 bits per heavy atom. The fourth-order valence-corrected chi connectivity index (χ4v) is 3.50. The molecule has 0 radical (unpaired) electrons. The molecule has 0 aliphatic carbocycles. The van der Waals surface area contributed by atoms with Crippen molar-refractivity contribution in [1.82, 2.24) is 19.9 Å². The summed E-state index contributed by atoms with van der Waals surface area (Å²) in [5.74, 6) is 1.55. The third-order valence-corrected chi connectivity index (χ3v) is 5.25. The molecule has 0 unspecified atom stereocenters. The van der Waals surface area contributed by atoms with Gasteiger partial charge < -0.3 is 24.6 Å². The lowest BCUT2D eigenvalue weighted by Gasteiger charge is -2.33. The summed E-state index contributed by atoms with van der Waals surface area (Å²) >= 11 is 0. The number of halogens is 1. The van der Waals surface area contributed by atoms with Crippen molar-refractivity contribution in [2.75, 3.05) is 50.2 Å². The molecule has 1 N–H and O–H groups in total. The second-order valence-electron chi connectivity index (χ2n) is 7.28. The Kier molecular flexibility index (Phi) is 4.80. The summed E-state index contributed by atoms with van der Waals surface area (Å²) in [6.45, 7) is 4.18. The molecule has 5 rings (SSSR count). The van der Waals surface area contributed by atoms with E-state index in [4.69, 9.17) is 9.47 Å². The largest absolute Gasteiger partial charge is 0.454 e. The number of aromatic nitrogens is 3. The average molecular weight is 408 g/mol. The van der Waals surface area contributed by atoms with Gasteiger partial charge in [0.05, 0.1) is 18.1 Å². The number of piperazine rings is 1. The van der Waals surface area contributed by atoms with E-state index in [1.165, 1.54) is 0 Å². The highest BCUT2D eigenvalue weighted by molar-refractivity contribution is 5.66. The zero-order valence-electron chi connectivity index (χ0n) is 16.5. The monoisotopic (exact) mass is 408 g/mol. The first-order chi connectivity index (χ1) is 14.7. The van der Waals surface area contributed by atoms with E-state index in [-0.39, 0.29) is 18.4 Å². The quantitative estimate of drug-likeness (QED) is 0.706. The molecule has 1 saturated heterocycles. The van der Waals surface area contributed by atoms with Crippen LogP contribution in [0.25, 0.3) is 11.3 Å². The van der Waals surface area contributed by atoms with Crippen LogP contribution in [0.1, 0.15) is 0 Å². The third-order valence-electron chi connectivity index (χ3n) is 5.25. The highest BCUT2D eigenvalue weighted by Crippen LogP contribution is 2.36. The molecule has 0 saturated carbocycles.